The van der Waals surface area contributed by atoms with E-state index in [0.29, 0.717) is 11.8 Å². The van der Waals surface area contributed by atoms with Gasteiger partial charge in [0.15, 0.2) is 0 Å². The first-order chi connectivity index (χ1) is 11.3. The molecule has 1 aliphatic heterocycles. The summed E-state index contributed by atoms with van der Waals surface area (Å²) in [7, 11) is 0. The molecule has 5 nitrogen and oxygen atoms in total. The highest BCUT2D eigenvalue weighted by atomic mass is 32.2. The van der Waals surface area contributed by atoms with E-state index in [-0.39, 0.29) is 5.91 Å². The van der Waals surface area contributed by atoms with Gasteiger partial charge in [-0.1, -0.05) is 31.0 Å². The summed E-state index contributed by atoms with van der Waals surface area (Å²) in [5.41, 5.74) is 0. The average molecular weight is 334 g/mol. The lowest BCUT2D eigenvalue weighted by Crippen LogP contribution is -2.37. The molecule has 1 saturated carbocycles. The topological polar surface area (TPSA) is 58.1 Å². The predicted octanol–water partition coefficient (Wildman–Crippen LogP) is 3.01. The molecule has 0 unspecified atom stereocenters. The maximum atomic E-state index is 12.1. The minimum absolute atomic E-state index is 0.125. The summed E-state index contributed by atoms with van der Waals surface area (Å²) in [4.78, 5) is 23.1. The van der Waals surface area contributed by atoms with Crippen molar-refractivity contribution in [1.82, 2.24) is 15.3 Å². The molecular weight excluding hydrogens is 308 g/mol. The van der Waals surface area contributed by atoms with E-state index in [1.165, 1.54) is 50.3 Å². The SMILES string of the molecule is O=C(CSc1cc(N2CCCCC2)ncn1)NC1CCCCC1. The molecular formula is C17H26N4OS. The lowest BCUT2D eigenvalue weighted by atomic mass is 9.95. The zero-order chi connectivity index (χ0) is 15.9. The number of hydrogen-bond acceptors (Lipinski definition) is 5. The molecule has 1 aromatic rings. The number of aromatic nitrogens is 2. The number of carbonyl (C=O) groups excluding carboxylic acids is 1. The van der Waals surface area contributed by atoms with Gasteiger partial charge in [-0.2, -0.15) is 0 Å². The number of thioether (sulfide) groups is 1. The fourth-order valence-corrected chi connectivity index (χ4v) is 4.03. The van der Waals surface area contributed by atoms with Crippen LogP contribution in [-0.4, -0.2) is 40.8 Å². The van der Waals surface area contributed by atoms with Gasteiger partial charge in [-0.3, -0.25) is 4.79 Å². The molecule has 3 rings (SSSR count). The Balaban J connectivity index is 1.48. The Bertz CT molecular complexity index is 513. The van der Waals surface area contributed by atoms with Crippen LogP contribution in [0.1, 0.15) is 51.4 Å². The van der Waals surface area contributed by atoms with Crippen molar-refractivity contribution in [3.05, 3.63) is 12.4 Å². The van der Waals surface area contributed by atoms with Crippen LogP contribution in [0.4, 0.5) is 5.82 Å². The fourth-order valence-electron chi connectivity index (χ4n) is 3.36. The van der Waals surface area contributed by atoms with Gasteiger partial charge in [0, 0.05) is 25.2 Å². The monoisotopic (exact) mass is 334 g/mol. The number of nitrogens with zero attached hydrogens (tertiary/aromatic N) is 3. The van der Waals surface area contributed by atoms with Gasteiger partial charge < -0.3 is 10.2 Å². The number of rotatable bonds is 5. The summed E-state index contributed by atoms with van der Waals surface area (Å²) < 4.78 is 0. The van der Waals surface area contributed by atoms with E-state index in [2.05, 4.69) is 20.2 Å². The van der Waals surface area contributed by atoms with E-state index in [1.807, 2.05) is 6.07 Å². The number of carbonyl (C=O) groups is 1. The standard InChI is InChI=1S/C17H26N4OS/c22-16(20-14-7-3-1-4-8-14)12-23-17-11-15(18-13-19-17)21-9-5-2-6-10-21/h11,13-14H,1-10,12H2,(H,20,22). The van der Waals surface area contributed by atoms with E-state index in [9.17, 15) is 4.79 Å². The van der Waals surface area contributed by atoms with Crippen molar-refractivity contribution >= 4 is 23.5 Å². The van der Waals surface area contributed by atoms with E-state index in [0.717, 1.165) is 36.8 Å². The zero-order valence-electron chi connectivity index (χ0n) is 13.7. The molecule has 0 atom stereocenters. The first kappa shape index (κ1) is 16.6. The van der Waals surface area contributed by atoms with Crippen molar-refractivity contribution in [2.75, 3.05) is 23.7 Å². The van der Waals surface area contributed by atoms with Gasteiger partial charge in [0.2, 0.25) is 5.91 Å². The number of amides is 1. The molecule has 126 valence electrons. The molecule has 0 radical (unpaired) electrons. The maximum absolute atomic E-state index is 12.1. The highest BCUT2D eigenvalue weighted by Crippen LogP contribution is 2.22. The van der Waals surface area contributed by atoms with E-state index < -0.39 is 0 Å². The van der Waals surface area contributed by atoms with Crippen LogP contribution in [0.2, 0.25) is 0 Å². The number of anilines is 1. The summed E-state index contributed by atoms with van der Waals surface area (Å²) in [6.07, 6.45) is 11.4. The first-order valence-electron chi connectivity index (χ1n) is 8.80. The smallest absolute Gasteiger partial charge is 0.230 e. The van der Waals surface area contributed by atoms with Gasteiger partial charge in [0.1, 0.15) is 17.2 Å². The third-order valence-electron chi connectivity index (χ3n) is 4.63. The first-order valence-corrected chi connectivity index (χ1v) is 9.79. The lowest BCUT2D eigenvalue weighted by molar-refractivity contribution is -0.119. The van der Waals surface area contributed by atoms with Crippen LogP contribution in [0.5, 0.6) is 0 Å². The quantitative estimate of drug-likeness (QED) is 0.662. The Morgan fingerprint density at radius 2 is 1.87 bits per heavy atom. The Labute approximate surface area is 142 Å². The van der Waals surface area contributed by atoms with Gasteiger partial charge in [0.05, 0.1) is 5.75 Å². The molecule has 2 aliphatic rings. The molecule has 2 fully saturated rings. The van der Waals surface area contributed by atoms with Crippen LogP contribution < -0.4 is 10.2 Å². The number of hydrogen-bond donors (Lipinski definition) is 1. The Morgan fingerprint density at radius 1 is 1.13 bits per heavy atom. The van der Waals surface area contributed by atoms with Gasteiger partial charge in [-0.05, 0) is 32.1 Å². The van der Waals surface area contributed by atoms with Crippen molar-refractivity contribution < 1.29 is 4.79 Å². The van der Waals surface area contributed by atoms with Crippen LogP contribution in [0.25, 0.3) is 0 Å². The average Bonchev–Trinajstić information content (AvgIpc) is 2.62. The molecule has 2 heterocycles. The van der Waals surface area contributed by atoms with E-state index in [1.54, 1.807) is 6.33 Å². The molecule has 0 bridgehead atoms. The van der Waals surface area contributed by atoms with Gasteiger partial charge >= 0.3 is 0 Å². The third kappa shape index (κ3) is 5.09. The van der Waals surface area contributed by atoms with Crippen molar-refractivity contribution in [3.63, 3.8) is 0 Å². The third-order valence-corrected chi connectivity index (χ3v) is 5.55. The Morgan fingerprint density at radius 3 is 2.65 bits per heavy atom. The van der Waals surface area contributed by atoms with Crippen molar-refractivity contribution in [2.45, 2.75) is 62.4 Å². The largest absolute Gasteiger partial charge is 0.356 e. The minimum atomic E-state index is 0.125. The van der Waals surface area contributed by atoms with Crippen LogP contribution in [0.15, 0.2) is 17.4 Å². The molecule has 6 heteroatoms. The lowest BCUT2D eigenvalue weighted by Gasteiger charge is -2.27. The minimum Gasteiger partial charge on any atom is -0.356 e. The zero-order valence-corrected chi connectivity index (χ0v) is 14.5. The second-order valence-corrected chi connectivity index (χ2v) is 7.45. The normalized spacial score (nSPS) is 19.6. The van der Waals surface area contributed by atoms with E-state index >= 15 is 0 Å². The maximum Gasteiger partial charge on any atom is 0.230 e. The van der Waals surface area contributed by atoms with Crippen LogP contribution in [-0.2, 0) is 4.79 Å². The second kappa shape index (κ2) is 8.52. The molecule has 1 N–H and O–H groups in total. The highest BCUT2D eigenvalue weighted by Gasteiger charge is 2.16. The molecule has 1 amide bonds. The molecule has 1 aromatic heterocycles. The van der Waals surface area contributed by atoms with Crippen molar-refractivity contribution in [2.24, 2.45) is 0 Å². The summed E-state index contributed by atoms with van der Waals surface area (Å²) in [5.74, 6) is 1.56. The van der Waals surface area contributed by atoms with Crippen LogP contribution in [0.3, 0.4) is 0 Å². The predicted molar refractivity (Wildman–Crippen MR) is 93.8 cm³/mol. The van der Waals surface area contributed by atoms with Crippen molar-refractivity contribution in [3.8, 4) is 0 Å². The second-order valence-electron chi connectivity index (χ2n) is 6.45. The molecule has 23 heavy (non-hydrogen) atoms. The summed E-state index contributed by atoms with van der Waals surface area (Å²) in [6, 6.07) is 2.40. The van der Waals surface area contributed by atoms with Gasteiger partial charge in [-0.15, -0.1) is 0 Å². The van der Waals surface area contributed by atoms with Gasteiger partial charge in [-0.25, -0.2) is 9.97 Å². The molecule has 1 aliphatic carbocycles. The highest BCUT2D eigenvalue weighted by molar-refractivity contribution is 7.99. The Kier molecular flexibility index (Phi) is 6.13. The number of piperidine rings is 1. The molecule has 0 spiro atoms. The van der Waals surface area contributed by atoms with Gasteiger partial charge in [0.25, 0.3) is 0 Å². The Hall–Kier alpha value is -1.30. The molecule has 1 saturated heterocycles. The number of nitrogens with one attached hydrogen (secondary N) is 1. The summed E-state index contributed by atoms with van der Waals surface area (Å²) >= 11 is 1.51. The van der Waals surface area contributed by atoms with E-state index in [4.69, 9.17) is 0 Å². The fraction of sp³-hybridized carbons (Fsp3) is 0.706. The summed E-state index contributed by atoms with van der Waals surface area (Å²) in [6.45, 7) is 2.15. The molecule has 0 aromatic carbocycles. The van der Waals surface area contributed by atoms with Crippen LogP contribution in [0, 0.1) is 0 Å². The summed E-state index contributed by atoms with van der Waals surface area (Å²) in [5, 5.41) is 4.04. The van der Waals surface area contributed by atoms with Crippen LogP contribution >= 0.6 is 11.8 Å². The van der Waals surface area contributed by atoms with Crippen molar-refractivity contribution in [1.29, 1.82) is 0 Å².